The highest BCUT2D eigenvalue weighted by atomic mass is 35.5. The molecule has 3 nitrogen and oxygen atoms in total. The van der Waals surface area contributed by atoms with Crippen LogP contribution in [0.3, 0.4) is 0 Å². The van der Waals surface area contributed by atoms with E-state index in [1.54, 1.807) is 11.3 Å². The van der Waals surface area contributed by atoms with Crippen molar-refractivity contribution in [1.29, 1.82) is 0 Å². The maximum atomic E-state index is 5.92. The molecular weight excluding hydrogens is 301 g/mol. The molecule has 1 aromatic carbocycles. The standard InChI is InChI=1S/C13H9Cl2N3S/c1-16-11-10-9(7-2-4-8(14)5-3-7)6-19-12(10)18-13(15)17-11/h2-6H,1H3,(H,16,17,18). The molecule has 0 amide bonds. The fraction of sp³-hybridized carbons (Fsp3) is 0.0769. The van der Waals surface area contributed by atoms with E-state index in [2.05, 4.69) is 20.7 Å². The molecule has 0 spiro atoms. The number of nitrogens with zero attached hydrogens (tertiary/aromatic N) is 2. The molecule has 6 heteroatoms. The first-order chi connectivity index (χ1) is 9.19. The van der Waals surface area contributed by atoms with Gasteiger partial charge in [0, 0.05) is 23.0 Å². The smallest absolute Gasteiger partial charge is 0.225 e. The average molecular weight is 310 g/mol. The van der Waals surface area contributed by atoms with Crippen molar-refractivity contribution < 1.29 is 0 Å². The minimum atomic E-state index is 0.251. The van der Waals surface area contributed by atoms with Crippen molar-refractivity contribution in [2.75, 3.05) is 12.4 Å². The van der Waals surface area contributed by atoms with Crippen LogP contribution < -0.4 is 5.32 Å². The van der Waals surface area contributed by atoms with Gasteiger partial charge in [0.2, 0.25) is 5.28 Å². The van der Waals surface area contributed by atoms with Crippen LogP contribution in [0.15, 0.2) is 29.6 Å². The van der Waals surface area contributed by atoms with Crippen molar-refractivity contribution in [2.24, 2.45) is 0 Å². The lowest BCUT2D eigenvalue weighted by Gasteiger charge is -2.05. The molecule has 0 saturated carbocycles. The predicted molar refractivity (Wildman–Crippen MR) is 82.4 cm³/mol. The second-order valence-corrected chi connectivity index (χ2v) is 5.56. The second kappa shape index (κ2) is 4.96. The van der Waals surface area contributed by atoms with Gasteiger partial charge in [-0.15, -0.1) is 11.3 Å². The van der Waals surface area contributed by atoms with Crippen molar-refractivity contribution in [1.82, 2.24) is 9.97 Å². The molecule has 2 aromatic heterocycles. The van der Waals surface area contributed by atoms with E-state index in [4.69, 9.17) is 23.2 Å². The Hall–Kier alpha value is -1.36. The fourth-order valence-corrected chi connectivity index (χ4v) is 3.23. The van der Waals surface area contributed by atoms with Gasteiger partial charge in [-0.3, -0.25) is 0 Å². The number of thiophene rings is 1. The van der Waals surface area contributed by atoms with Gasteiger partial charge in [0.15, 0.2) is 0 Å². The van der Waals surface area contributed by atoms with Gasteiger partial charge in [0.25, 0.3) is 0 Å². The highest BCUT2D eigenvalue weighted by Crippen LogP contribution is 2.37. The van der Waals surface area contributed by atoms with Gasteiger partial charge in [-0.1, -0.05) is 23.7 Å². The Morgan fingerprint density at radius 1 is 1.11 bits per heavy atom. The van der Waals surface area contributed by atoms with Crippen LogP contribution in [-0.2, 0) is 0 Å². The lowest BCUT2D eigenvalue weighted by atomic mass is 10.1. The maximum Gasteiger partial charge on any atom is 0.225 e. The molecule has 19 heavy (non-hydrogen) atoms. The summed E-state index contributed by atoms with van der Waals surface area (Å²) < 4.78 is 0. The number of nitrogens with one attached hydrogen (secondary N) is 1. The van der Waals surface area contributed by atoms with E-state index < -0.39 is 0 Å². The summed E-state index contributed by atoms with van der Waals surface area (Å²) in [6.45, 7) is 0. The van der Waals surface area contributed by atoms with Crippen LogP contribution in [0.25, 0.3) is 21.3 Å². The van der Waals surface area contributed by atoms with Crippen molar-refractivity contribution in [3.05, 3.63) is 40.0 Å². The summed E-state index contributed by atoms with van der Waals surface area (Å²) in [5.74, 6) is 0.737. The SMILES string of the molecule is CNc1nc(Cl)nc2scc(-c3ccc(Cl)cc3)c12. The molecule has 0 radical (unpaired) electrons. The first-order valence-corrected chi connectivity index (χ1v) is 7.21. The molecule has 0 bridgehead atoms. The van der Waals surface area contributed by atoms with Crippen LogP contribution in [0.4, 0.5) is 5.82 Å². The molecule has 1 N–H and O–H groups in total. The Kier molecular flexibility index (Phi) is 3.31. The van der Waals surface area contributed by atoms with Gasteiger partial charge in [0.05, 0.1) is 5.39 Å². The molecule has 0 aliphatic rings. The van der Waals surface area contributed by atoms with Crippen LogP contribution in [0.5, 0.6) is 0 Å². The number of hydrogen-bond donors (Lipinski definition) is 1. The summed E-state index contributed by atoms with van der Waals surface area (Å²) in [4.78, 5) is 9.34. The van der Waals surface area contributed by atoms with E-state index in [1.165, 1.54) is 0 Å². The van der Waals surface area contributed by atoms with Crippen molar-refractivity contribution in [3.8, 4) is 11.1 Å². The van der Waals surface area contributed by atoms with E-state index in [-0.39, 0.29) is 5.28 Å². The van der Waals surface area contributed by atoms with Crippen LogP contribution in [0.2, 0.25) is 10.3 Å². The lowest BCUT2D eigenvalue weighted by molar-refractivity contribution is 1.22. The Bertz CT molecular complexity index is 737. The predicted octanol–water partition coefficient (Wildman–Crippen LogP) is 4.71. The quantitative estimate of drug-likeness (QED) is 0.697. The molecular formula is C13H9Cl2N3S. The van der Waals surface area contributed by atoms with E-state index in [0.717, 1.165) is 32.2 Å². The van der Waals surface area contributed by atoms with Gasteiger partial charge in [-0.2, -0.15) is 0 Å². The zero-order valence-corrected chi connectivity index (χ0v) is 12.3. The maximum absolute atomic E-state index is 5.92. The molecule has 0 fully saturated rings. The largest absolute Gasteiger partial charge is 0.372 e. The zero-order valence-electron chi connectivity index (χ0n) is 9.95. The summed E-state index contributed by atoms with van der Waals surface area (Å²) >= 11 is 13.4. The third-order valence-electron chi connectivity index (χ3n) is 2.80. The van der Waals surface area contributed by atoms with Crippen LogP contribution in [0, 0.1) is 0 Å². The number of rotatable bonds is 2. The van der Waals surface area contributed by atoms with Gasteiger partial charge in [0.1, 0.15) is 10.6 Å². The monoisotopic (exact) mass is 309 g/mol. The topological polar surface area (TPSA) is 37.8 Å². The van der Waals surface area contributed by atoms with Crippen LogP contribution in [0.1, 0.15) is 0 Å². The van der Waals surface area contributed by atoms with E-state index in [9.17, 15) is 0 Å². The summed E-state index contributed by atoms with van der Waals surface area (Å²) in [6.07, 6.45) is 0. The lowest BCUT2D eigenvalue weighted by Crippen LogP contribution is -1.95. The molecule has 0 aliphatic carbocycles. The normalized spacial score (nSPS) is 10.9. The third kappa shape index (κ3) is 2.27. The highest BCUT2D eigenvalue weighted by molar-refractivity contribution is 7.17. The Morgan fingerprint density at radius 3 is 2.53 bits per heavy atom. The van der Waals surface area contributed by atoms with Crippen molar-refractivity contribution >= 4 is 50.6 Å². The average Bonchev–Trinajstić information content (AvgIpc) is 2.82. The van der Waals surface area contributed by atoms with Gasteiger partial charge in [-0.05, 0) is 29.3 Å². The summed E-state index contributed by atoms with van der Waals surface area (Å²) in [5, 5.41) is 7.07. The van der Waals surface area contributed by atoms with E-state index in [1.807, 2.05) is 31.3 Å². The van der Waals surface area contributed by atoms with E-state index in [0.29, 0.717) is 0 Å². The molecule has 0 unspecified atom stereocenters. The summed E-state index contributed by atoms with van der Waals surface area (Å²) in [7, 11) is 1.82. The molecule has 96 valence electrons. The Labute approximate surface area is 124 Å². The first kappa shape index (κ1) is 12.7. The molecule has 3 rings (SSSR count). The summed E-state index contributed by atoms with van der Waals surface area (Å²) in [6, 6.07) is 7.71. The number of benzene rings is 1. The third-order valence-corrected chi connectivity index (χ3v) is 4.09. The Balaban J connectivity index is 2.27. The van der Waals surface area contributed by atoms with Crippen LogP contribution >= 0.6 is 34.5 Å². The second-order valence-electron chi connectivity index (χ2n) is 3.93. The molecule has 3 aromatic rings. The fourth-order valence-electron chi connectivity index (χ4n) is 1.94. The molecule has 2 heterocycles. The van der Waals surface area contributed by atoms with Gasteiger partial charge < -0.3 is 5.32 Å². The number of halogens is 2. The number of anilines is 1. The molecule has 0 atom stereocenters. The minimum Gasteiger partial charge on any atom is -0.372 e. The summed E-state index contributed by atoms with van der Waals surface area (Å²) in [5.41, 5.74) is 2.16. The number of aromatic nitrogens is 2. The van der Waals surface area contributed by atoms with Crippen molar-refractivity contribution in [2.45, 2.75) is 0 Å². The Morgan fingerprint density at radius 2 is 1.84 bits per heavy atom. The van der Waals surface area contributed by atoms with Crippen molar-refractivity contribution in [3.63, 3.8) is 0 Å². The number of fused-ring (bicyclic) bond motifs is 1. The zero-order chi connectivity index (χ0) is 13.4. The first-order valence-electron chi connectivity index (χ1n) is 5.57. The van der Waals surface area contributed by atoms with E-state index >= 15 is 0 Å². The molecule has 0 saturated heterocycles. The number of hydrogen-bond acceptors (Lipinski definition) is 4. The molecule has 0 aliphatic heterocycles. The minimum absolute atomic E-state index is 0.251. The van der Waals surface area contributed by atoms with Gasteiger partial charge >= 0.3 is 0 Å². The highest BCUT2D eigenvalue weighted by Gasteiger charge is 2.13. The van der Waals surface area contributed by atoms with Gasteiger partial charge in [-0.25, -0.2) is 9.97 Å². The van der Waals surface area contributed by atoms with Crippen LogP contribution in [-0.4, -0.2) is 17.0 Å².